The van der Waals surface area contributed by atoms with Crippen molar-refractivity contribution in [1.29, 1.82) is 0 Å². The maximum Gasteiger partial charge on any atom is 0.188 e. The van der Waals surface area contributed by atoms with Crippen molar-refractivity contribution in [2.45, 2.75) is 26.2 Å². The van der Waals surface area contributed by atoms with Crippen molar-refractivity contribution in [2.75, 3.05) is 0 Å². The molecule has 33 heavy (non-hydrogen) atoms. The molecule has 2 aromatic carbocycles. The molecular weight excluding hydrogens is 432 g/mol. The lowest BCUT2D eigenvalue weighted by molar-refractivity contribution is 0.0891. The predicted molar refractivity (Wildman–Crippen MR) is 130 cm³/mol. The monoisotopic (exact) mass is 454 g/mol. The molecule has 0 saturated heterocycles. The van der Waals surface area contributed by atoms with Crippen LogP contribution in [0.4, 0.5) is 0 Å². The van der Waals surface area contributed by atoms with Crippen molar-refractivity contribution in [1.82, 2.24) is 9.97 Å². The number of carbonyl (C=O) groups is 2. The van der Waals surface area contributed by atoms with Gasteiger partial charge in [0, 0.05) is 35.1 Å². The van der Waals surface area contributed by atoms with E-state index < -0.39 is 0 Å². The number of carbonyl (C=O) groups excluding carboxylic acids is 2. The van der Waals surface area contributed by atoms with Crippen LogP contribution >= 0.6 is 11.6 Å². The molecule has 2 aromatic heterocycles. The number of ketones is 2. The van der Waals surface area contributed by atoms with Gasteiger partial charge in [0.15, 0.2) is 11.6 Å². The van der Waals surface area contributed by atoms with Crippen LogP contribution in [0.2, 0.25) is 5.02 Å². The minimum Gasteiger partial charge on any atom is -0.294 e. The molecule has 0 bridgehead atoms. The largest absolute Gasteiger partial charge is 0.294 e. The molecule has 0 aliphatic carbocycles. The van der Waals surface area contributed by atoms with Crippen LogP contribution in [0, 0.1) is 6.92 Å². The maximum absolute atomic E-state index is 13.1. The summed E-state index contributed by atoms with van der Waals surface area (Å²) in [6.07, 6.45) is 4.34. The number of aryl methyl sites for hydroxylation is 1. The molecule has 0 atom stereocenters. The molecule has 0 spiro atoms. The highest BCUT2D eigenvalue weighted by molar-refractivity contribution is 6.30. The van der Waals surface area contributed by atoms with Crippen LogP contribution in [-0.4, -0.2) is 21.5 Å². The number of benzene rings is 2. The smallest absolute Gasteiger partial charge is 0.188 e. The fourth-order valence-corrected chi connectivity index (χ4v) is 3.96. The Morgan fingerprint density at radius 1 is 0.758 bits per heavy atom. The zero-order valence-electron chi connectivity index (χ0n) is 18.3. The second-order valence-corrected chi connectivity index (χ2v) is 8.52. The van der Waals surface area contributed by atoms with Gasteiger partial charge in [-0.15, -0.1) is 0 Å². The Kier molecular flexibility index (Phi) is 7.06. The van der Waals surface area contributed by atoms with E-state index >= 15 is 0 Å². The first kappa shape index (κ1) is 22.6. The van der Waals surface area contributed by atoms with E-state index in [2.05, 4.69) is 16.0 Å². The van der Waals surface area contributed by atoms with E-state index in [1.54, 1.807) is 18.5 Å². The minimum atomic E-state index is -0.282. The van der Waals surface area contributed by atoms with E-state index in [1.165, 1.54) is 0 Å². The zero-order valence-corrected chi connectivity index (χ0v) is 19.0. The number of hydrogen-bond acceptors (Lipinski definition) is 4. The lowest BCUT2D eigenvalue weighted by Crippen LogP contribution is -2.11. The number of Topliss-reactive ketones (excluding diaryl/α,β-unsaturated/α-hetero) is 2. The molecule has 0 N–H and O–H groups in total. The lowest BCUT2D eigenvalue weighted by Gasteiger charge is -2.10. The third-order valence-electron chi connectivity index (χ3n) is 5.31. The van der Waals surface area contributed by atoms with Crippen molar-refractivity contribution in [3.8, 4) is 0 Å². The Morgan fingerprint density at radius 3 is 2.30 bits per heavy atom. The van der Waals surface area contributed by atoms with E-state index in [1.807, 2.05) is 67.6 Å². The van der Waals surface area contributed by atoms with Gasteiger partial charge in [-0.3, -0.25) is 19.6 Å². The van der Waals surface area contributed by atoms with Crippen LogP contribution in [0.15, 0.2) is 85.2 Å². The number of halogens is 1. The standard InChI is InChI=1S/C28H23ClN2O2/c1-19-8-10-31-26(11-19)28(33)18-27(32)23-14-21(12-20-5-4-6-24(29)16-20)13-22(15-23)17-25-7-2-3-9-30-25/h2-11,13-16H,12,17-18H2,1H3. The van der Waals surface area contributed by atoms with E-state index in [9.17, 15) is 9.59 Å². The quantitative estimate of drug-likeness (QED) is 0.239. The number of hydrogen-bond donors (Lipinski definition) is 0. The molecule has 0 unspecified atom stereocenters. The van der Waals surface area contributed by atoms with Gasteiger partial charge < -0.3 is 0 Å². The van der Waals surface area contributed by atoms with Gasteiger partial charge in [-0.1, -0.05) is 35.9 Å². The van der Waals surface area contributed by atoms with Gasteiger partial charge >= 0.3 is 0 Å². The summed E-state index contributed by atoms with van der Waals surface area (Å²) in [6.45, 7) is 1.89. The molecule has 4 aromatic rings. The van der Waals surface area contributed by atoms with E-state index in [0.29, 0.717) is 29.1 Å². The highest BCUT2D eigenvalue weighted by Crippen LogP contribution is 2.20. The Labute approximate surface area is 198 Å². The second kappa shape index (κ2) is 10.3. The molecule has 0 fully saturated rings. The van der Waals surface area contributed by atoms with E-state index in [4.69, 9.17) is 11.6 Å². The summed E-state index contributed by atoms with van der Waals surface area (Å²) < 4.78 is 0. The van der Waals surface area contributed by atoms with E-state index in [-0.39, 0.29) is 18.0 Å². The van der Waals surface area contributed by atoms with Crippen molar-refractivity contribution < 1.29 is 9.59 Å². The summed E-state index contributed by atoms with van der Waals surface area (Å²) in [4.78, 5) is 34.3. The molecule has 164 valence electrons. The lowest BCUT2D eigenvalue weighted by atomic mass is 9.94. The SMILES string of the molecule is Cc1ccnc(C(=O)CC(=O)c2cc(Cc3cccc(Cl)c3)cc(Cc3ccccn3)c2)c1. The maximum atomic E-state index is 13.1. The number of pyridine rings is 2. The summed E-state index contributed by atoms with van der Waals surface area (Å²) in [7, 11) is 0. The Hall–Kier alpha value is -3.63. The molecule has 0 aliphatic rings. The molecule has 2 heterocycles. The summed E-state index contributed by atoms with van der Waals surface area (Å²) in [5.41, 5.74) is 5.68. The predicted octanol–water partition coefficient (Wildman–Crippen LogP) is 6.08. The van der Waals surface area contributed by atoms with Crippen LogP contribution < -0.4 is 0 Å². The molecule has 4 nitrogen and oxygen atoms in total. The molecule has 4 rings (SSSR count). The summed E-state index contributed by atoms with van der Waals surface area (Å²) in [5.74, 6) is -0.506. The first-order chi connectivity index (χ1) is 16.0. The normalized spacial score (nSPS) is 10.7. The van der Waals surface area contributed by atoms with Crippen molar-refractivity contribution in [3.63, 3.8) is 0 Å². The topological polar surface area (TPSA) is 59.9 Å². The average molecular weight is 455 g/mol. The van der Waals surface area contributed by atoms with Crippen LogP contribution in [0.25, 0.3) is 0 Å². The summed E-state index contributed by atoms with van der Waals surface area (Å²) in [5, 5.41) is 0.671. The van der Waals surface area contributed by atoms with Crippen molar-refractivity contribution >= 4 is 23.2 Å². The van der Waals surface area contributed by atoms with Crippen LogP contribution in [-0.2, 0) is 12.8 Å². The Morgan fingerprint density at radius 2 is 1.58 bits per heavy atom. The molecule has 0 radical (unpaired) electrons. The van der Waals surface area contributed by atoms with Gasteiger partial charge in [-0.05, 0) is 84.1 Å². The van der Waals surface area contributed by atoms with Gasteiger partial charge in [-0.2, -0.15) is 0 Å². The summed E-state index contributed by atoms with van der Waals surface area (Å²) in [6, 6.07) is 22.8. The number of aromatic nitrogens is 2. The first-order valence-corrected chi connectivity index (χ1v) is 11.1. The summed E-state index contributed by atoms with van der Waals surface area (Å²) >= 11 is 6.15. The van der Waals surface area contributed by atoms with Gasteiger partial charge in [-0.25, -0.2) is 0 Å². The molecular formula is C28H23ClN2O2. The zero-order chi connectivity index (χ0) is 23.2. The third kappa shape index (κ3) is 6.21. The van der Waals surface area contributed by atoms with Crippen LogP contribution in [0.3, 0.4) is 0 Å². The van der Waals surface area contributed by atoms with Crippen molar-refractivity contribution in [2.24, 2.45) is 0 Å². The Balaban J connectivity index is 1.62. The van der Waals surface area contributed by atoms with Gasteiger partial charge in [0.1, 0.15) is 5.69 Å². The molecule has 5 heteroatoms. The first-order valence-electron chi connectivity index (χ1n) is 10.7. The van der Waals surface area contributed by atoms with Gasteiger partial charge in [0.05, 0.1) is 6.42 Å². The van der Waals surface area contributed by atoms with Crippen LogP contribution in [0.5, 0.6) is 0 Å². The molecule has 0 amide bonds. The Bertz CT molecular complexity index is 1300. The van der Waals surface area contributed by atoms with Crippen molar-refractivity contribution in [3.05, 3.63) is 129 Å². The van der Waals surface area contributed by atoms with Crippen LogP contribution in [0.1, 0.15) is 55.2 Å². The second-order valence-electron chi connectivity index (χ2n) is 8.08. The van der Waals surface area contributed by atoms with Gasteiger partial charge in [0.2, 0.25) is 0 Å². The van der Waals surface area contributed by atoms with E-state index in [0.717, 1.165) is 27.9 Å². The fraction of sp³-hybridized carbons (Fsp3) is 0.143. The third-order valence-corrected chi connectivity index (χ3v) is 5.54. The highest BCUT2D eigenvalue weighted by atomic mass is 35.5. The fourth-order valence-electron chi connectivity index (χ4n) is 3.75. The highest BCUT2D eigenvalue weighted by Gasteiger charge is 2.17. The minimum absolute atomic E-state index is 0.222. The average Bonchev–Trinajstić information content (AvgIpc) is 2.79. The molecule has 0 aliphatic heterocycles. The number of rotatable bonds is 8. The van der Waals surface area contributed by atoms with Gasteiger partial charge in [0.25, 0.3) is 0 Å². The number of nitrogens with zero attached hydrogens (tertiary/aromatic N) is 2. The molecule has 0 saturated carbocycles.